The Morgan fingerprint density at radius 3 is 2.47 bits per heavy atom. The van der Waals surface area contributed by atoms with Crippen molar-refractivity contribution in [2.45, 2.75) is 19.4 Å². The van der Waals surface area contributed by atoms with Gasteiger partial charge in [0.15, 0.2) is 0 Å². The molecule has 0 aromatic carbocycles. The fraction of sp³-hybridized carbons (Fsp3) is 0.778. The van der Waals surface area contributed by atoms with Gasteiger partial charge in [0, 0.05) is 19.5 Å². The smallest absolute Gasteiger partial charge is 0.310 e. The Bertz CT molecular complexity index is 218. The maximum atomic E-state index is 12.0. The second-order valence-electron chi connectivity index (χ2n) is 3.23. The number of halogens is 1. The van der Waals surface area contributed by atoms with E-state index in [1.807, 2.05) is 0 Å². The van der Waals surface area contributed by atoms with E-state index in [9.17, 15) is 9.18 Å². The third-order valence-electron chi connectivity index (χ3n) is 1.94. The lowest BCUT2D eigenvalue weighted by Gasteiger charge is -2.04. The summed E-state index contributed by atoms with van der Waals surface area (Å²) >= 11 is 0. The minimum Gasteiger partial charge on any atom is -0.481 e. The highest BCUT2D eigenvalue weighted by atomic mass is 19.1. The molecular formula is C9H16FNO4. The SMILES string of the molecule is CC(=O)O.COC(=O)C1CNC(CF)C1. The zero-order chi connectivity index (χ0) is 11.8. The maximum absolute atomic E-state index is 12.0. The number of alkyl halides is 1. The molecule has 0 amide bonds. The number of carboxylic acids is 1. The fourth-order valence-corrected chi connectivity index (χ4v) is 1.28. The van der Waals surface area contributed by atoms with E-state index in [0.717, 1.165) is 6.92 Å². The zero-order valence-electron chi connectivity index (χ0n) is 8.83. The molecule has 0 aromatic heterocycles. The number of hydrogen-bond donors (Lipinski definition) is 2. The van der Waals surface area contributed by atoms with Crippen LogP contribution < -0.4 is 5.32 Å². The monoisotopic (exact) mass is 221 g/mol. The molecule has 0 aromatic rings. The second-order valence-corrected chi connectivity index (χ2v) is 3.23. The predicted octanol–water partition coefficient (Wildman–Crippen LogP) is 0.198. The van der Waals surface area contributed by atoms with Crippen LogP contribution in [0.1, 0.15) is 13.3 Å². The summed E-state index contributed by atoms with van der Waals surface area (Å²) in [6, 6.07) is -0.154. The molecule has 1 heterocycles. The lowest BCUT2D eigenvalue weighted by Crippen LogP contribution is -2.23. The molecule has 88 valence electrons. The molecule has 1 saturated heterocycles. The van der Waals surface area contributed by atoms with Gasteiger partial charge in [0.1, 0.15) is 6.67 Å². The minimum absolute atomic E-state index is 0.152. The number of methoxy groups -OCH3 is 1. The molecule has 0 saturated carbocycles. The first-order valence-corrected chi connectivity index (χ1v) is 4.58. The van der Waals surface area contributed by atoms with E-state index in [1.54, 1.807) is 0 Å². The molecule has 0 bridgehead atoms. The number of esters is 1. The first-order chi connectivity index (χ1) is 7.01. The van der Waals surface area contributed by atoms with Crippen LogP contribution in [-0.4, -0.2) is 43.4 Å². The highest BCUT2D eigenvalue weighted by molar-refractivity contribution is 5.73. The van der Waals surface area contributed by atoms with Gasteiger partial charge in [-0.3, -0.25) is 9.59 Å². The zero-order valence-corrected chi connectivity index (χ0v) is 8.83. The first-order valence-electron chi connectivity index (χ1n) is 4.58. The van der Waals surface area contributed by atoms with Gasteiger partial charge >= 0.3 is 5.97 Å². The highest BCUT2D eigenvalue weighted by Crippen LogP contribution is 2.15. The molecule has 1 aliphatic heterocycles. The molecule has 1 aliphatic rings. The van der Waals surface area contributed by atoms with Gasteiger partial charge in [-0.15, -0.1) is 0 Å². The summed E-state index contributed by atoms with van der Waals surface area (Å²) in [4.78, 5) is 19.9. The van der Waals surface area contributed by atoms with Crippen LogP contribution in [0, 0.1) is 5.92 Å². The predicted molar refractivity (Wildman–Crippen MR) is 51.2 cm³/mol. The average Bonchev–Trinajstić information content (AvgIpc) is 2.64. The summed E-state index contributed by atoms with van der Waals surface area (Å²) in [5.74, 6) is -1.23. The third kappa shape index (κ3) is 6.01. The van der Waals surface area contributed by atoms with E-state index in [4.69, 9.17) is 9.90 Å². The number of carboxylic acid groups (broad SMARTS) is 1. The number of ether oxygens (including phenoxy) is 1. The average molecular weight is 221 g/mol. The minimum atomic E-state index is -0.833. The number of hydrogen-bond acceptors (Lipinski definition) is 4. The second kappa shape index (κ2) is 7.17. The Kier molecular flexibility index (Phi) is 6.61. The Balaban J connectivity index is 0.000000423. The van der Waals surface area contributed by atoms with Crippen LogP contribution in [0.15, 0.2) is 0 Å². The van der Waals surface area contributed by atoms with Crippen molar-refractivity contribution in [2.24, 2.45) is 5.92 Å². The quantitative estimate of drug-likeness (QED) is 0.651. The van der Waals surface area contributed by atoms with Crippen LogP contribution in [0.25, 0.3) is 0 Å². The Hall–Kier alpha value is -1.17. The van der Waals surface area contributed by atoms with E-state index in [2.05, 4.69) is 10.1 Å². The van der Waals surface area contributed by atoms with E-state index < -0.39 is 12.6 Å². The lowest BCUT2D eigenvalue weighted by molar-refractivity contribution is -0.144. The standard InChI is InChI=1S/C7H12FNO2.C2H4O2/c1-11-7(10)5-2-6(3-8)9-4-5;1-2(3)4/h5-6,9H,2-4H2,1H3;1H3,(H,3,4). The molecule has 6 heteroatoms. The number of rotatable bonds is 2. The summed E-state index contributed by atoms with van der Waals surface area (Å²) in [6.07, 6.45) is 0.559. The van der Waals surface area contributed by atoms with Crippen LogP contribution in [0.4, 0.5) is 4.39 Å². The lowest BCUT2D eigenvalue weighted by atomic mass is 10.1. The van der Waals surface area contributed by atoms with Crippen molar-refractivity contribution < 1.29 is 23.8 Å². The Morgan fingerprint density at radius 1 is 1.60 bits per heavy atom. The van der Waals surface area contributed by atoms with Gasteiger partial charge in [0.2, 0.25) is 0 Å². The summed E-state index contributed by atoms with van der Waals surface area (Å²) in [7, 11) is 1.35. The van der Waals surface area contributed by atoms with Gasteiger partial charge in [-0.2, -0.15) is 0 Å². The third-order valence-corrected chi connectivity index (χ3v) is 1.94. The van der Waals surface area contributed by atoms with Crippen molar-refractivity contribution in [1.82, 2.24) is 5.32 Å². The molecule has 2 N–H and O–H groups in total. The molecule has 0 spiro atoms. The number of carbonyl (C=O) groups is 2. The summed E-state index contributed by atoms with van der Waals surface area (Å²) in [5, 5.41) is 10.3. The van der Waals surface area contributed by atoms with E-state index >= 15 is 0 Å². The van der Waals surface area contributed by atoms with E-state index in [1.165, 1.54) is 7.11 Å². The van der Waals surface area contributed by atoms with E-state index in [-0.39, 0.29) is 17.9 Å². The molecule has 2 atom stereocenters. The van der Waals surface area contributed by atoms with Crippen LogP contribution >= 0.6 is 0 Å². The highest BCUT2D eigenvalue weighted by Gasteiger charge is 2.29. The van der Waals surface area contributed by atoms with Gasteiger partial charge < -0.3 is 15.2 Å². The summed E-state index contributed by atoms with van der Waals surface area (Å²) < 4.78 is 16.5. The summed E-state index contributed by atoms with van der Waals surface area (Å²) in [6.45, 7) is 1.22. The maximum Gasteiger partial charge on any atom is 0.310 e. The van der Waals surface area contributed by atoms with Gasteiger partial charge in [-0.25, -0.2) is 4.39 Å². The Labute approximate surface area is 87.6 Å². The topological polar surface area (TPSA) is 75.6 Å². The molecule has 5 nitrogen and oxygen atoms in total. The van der Waals surface area contributed by atoms with Crippen molar-refractivity contribution >= 4 is 11.9 Å². The molecular weight excluding hydrogens is 205 g/mol. The van der Waals surface area contributed by atoms with Crippen molar-refractivity contribution in [2.75, 3.05) is 20.3 Å². The summed E-state index contributed by atoms with van der Waals surface area (Å²) in [5.41, 5.74) is 0. The fourth-order valence-electron chi connectivity index (χ4n) is 1.28. The van der Waals surface area contributed by atoms with Gasteiger partial charge in [0.25, 0.3) is 5.97 Å². The van der Waals surface area contributed by atoms with Gasteiger partial charge in [0.05, 0.1) is 13.0 Å². The number of aliphatic carboxylic acids is 1. The molecule has 1 rings (SSSR count). The van der Waals surface area contributed by atoms with Crippen LogP contribution in [0.2, 0.25) is 0 Å². The normalized spacial score (nSPS) is 23.9. The van der Waals surface area contributed by atoms with Gasteiger partial charge in [-0.1, -0.05) is 0 Å². The Morgan fingerprint density at radius 2 is 2.13 bits per heavy atom. The van der Waals surface area contributed by atoms with Crippen molar-refractivity contribution in [1.29, 1.82) is 0 Å². The van der Waals surface area contributed by atoms with Crippen molar-refractivity contribution in [3.05, 3.63) is 0 Å². The molecule has 0 radical (unpaired) electrons. The molecule has 2 unspecified atom stereocenters. The van der Waals surface area contributed by atoms with Crippen LogP contribution in [-0.2, 0) is 14.3 Å². The van der Waals surface area contributed by atoms with Crippen LogP contribution in [0.3, 0.4) is 0 Å². The largest absolute Gasteiger partial charge is 0.481 e. The molecule has 15 heavy (non-hydrogen) atoms. The number of nitrogens with one attached hydrogen (secondary N) is 1. The molecule has 1 fully saturated rings. The van der Waals surface area contributed by atoms with Crippen molar-refractivity contribution in [3.8, 4) is 0 Å². The van der Waals surface area contributed by atoms with Crippen LogP contribution in [0.5, 0.6) is 0 Å². The number of carbonyl (C=O) groups excluding carboxylic acids is 1. The first kappa shape index (κ1) is 13.8. The van der Waals surface area contributed by atoms with Crippen molar-refractivity contribution in [3.63, 3.8) is 0 Å². The van der Waals surface area contributed by atoms with Gasteiger partial charge in [-0.05, 0) is 6.42 Å². The molecule has 0 aliphatic carbocycles. The van der Waals surface area contributed by atoms with E-state index in [0.29, 0.717) is 13.0 Å².